The number of nitrogens with two attached hydrogens (primary N) is 1. The number of hydrogen-bond acceptors (Lipinski definition) is 2. The van der Waals surface area contributed by atoms with Crippen molar-refractivity contribution in [2.45, 2.75) is 12.8 Å². The summed E-state index contributed by atoms with van der Waals surface area (Å²) in [6, 6.07) is 5.70. The molecule has 1 amide bonds. The quantitative estimate of drug-likeness (QED) is 0.562. The molecule has 0 spiro atoms. The fraction of sp³-hybridized carbons (Fsp3) is 0.222. The molecule has 0 saturated carbocycles. The fourth-order valence-electron chi connectivity index (χ4n) is 1.43. The highest BCUT2D eigenvalue weighted by molar-refractivity contribution is 5.97. The molecule has 1 aromatic rings. The molecule has 0 aliphatic carbocycles. The van der Waals surface area contributed by atoms with E-state index in [9.17, 15) is 4.79 Å². The van der Waals surface area contributed by atoms with E-state index >= 15 is 0 Å². The lowest BCUT2D eigenvalue weighted by atomic mass is 10.0. The van der Waals surface area contributed by atoms with Crippen LogP contribution in [0, 0.1) is 0 Å². The number of nitrogens with one attached hydrogen (secondary N) is 1. The van der Waals surface area contributed by atoms with E-state index in [4.69, 9.17) is 5.73 Å². The first-order chi connectivity index (χ1) is 5.77. The lowest BCUT2D eigenvalue weighted by molar-refractivity contribution is -0.116. The fourth-order valence-corrected chi connectivity index (χ4v) is 1.43. The summed E-state index contributed by atoms with van der Waals surface area (Å²) in [5, 5.41) is 2.76. The highest BCUT2D eigenvalue weighted by Gasteiger charge is 2.15. The molecule has 12 heavy (non-hydrogen) atoms. The molecule has 0 atom stereocenters. The van der Waals surface area contributed by atoms with Gasteiger partial charge >= 0.3 is 0 Å². The molecule has 0 aromatic heterocycles. The SMILES string of the molecule is Nc1cccc2c1NC(=O)CC2. The minimum absolute atomic E-state index is 0.0559. The second-order valence-corrected chi connectivity index (χ2v) is 2.93. The number of carbonyl (C=O) groups is 1. The molecule has 0 radical (unpaired) electrons. The van der Waals surface area contributed by atoms with E-state index in [2.05, 4.69) is 5.32 Å². The van der Waals surface area contributed by atoms with Crippen molar-refractivity contribution in [3.05, 3.63) is 23.8 Å². The smallest absolute Gasteiger partial charge is 0.224 e. The summed E-state index contributed by atoms with van der Waals surface area (Å²) >= 11 is 0. The van der Waals surface area contributed by atoms with Crippen molar-refractivity contribution in [2.24, 2.45) is 0 Å². The van der Waals surface area contributed by atoms with Gasteiger partial charge in [-0.1, -0.05) is 12.1 Å². The van der Waals surface area contributed by atoms with Crippen LogP contribution in [-0.2, 0) is 11.2 Å². The van der Waals surface area contributed by atoms with Crippen LogP contribution < -0.4 is 11.1 Å². The topological polar surface area (TPSA) is 55.1 Å². The minimum atomic E-state index is 0.0559. The predicted molar refractivity (Wildman–Crippen MR) is 47.8 cm³/mol. The van der Waals surface area contributed by atoms with Gasteiger partial charge in [-0.3, -0.25) is 4.79 Å². The molecule has 0 bridgehead atoms. The van der Waals surface area contributed by atoms with Crippen LogP contribution in [-0.4, -0.2) is 5.91 Å². The Morgan fingerprint density at radius 3 is 3.00 bits per heavy atom. The molecule has 1 aliphatic rings. The normalized spacial score (nSPS) is 15.2. The second-order valence-electron chi connectivity index (χ2n) is 2.93. The molecular weight excluding hydrogens is 152 g/mol. The molecule has 1 aromatic carbocycles. The number of anilines is 2. The number of nitrogen functional groups attached to an aromatic ring is 1. The third-order valence-electron chi connectivity index (χ3n) is 2.07. The lowest BCUT2D eigenvalue weighted by Crippen LogP contribution is -2.19. The van der Waals surface area contributed by atoms with Crippen LogP contribution >= 0.6 is 0 Å². The van der Waals surface area contributed by atoms with Crippen molar-refractivity contribution in [1.29, 1.82) is 0 Å². The van der Waals surface area contributed by atoms with Crippen molar-refractivity contribution in [3.8, 4) is 0 Å². The Morgan fingerprint density at radius 2 is 2.17 bits per heavy atom. The van der Waals surface area contributed by atoms with Crippen LogP contribution in [0.1, 0.15) is 12.0 Å². The van der Waals surface area contributed by atoms with E-state index < -0.39 is 0 Å². The van der Waals surface area contributed by atoms with Gasteiger partial charge in [0.25, 0.3) is 0 Å². The molecule has 2 rings (SSSR count). The summed E-state index contributed by atoms with van der Waals surface area (Å²) in [5.41, 5.74) is 8.28. The average molecular weight is 162 g/mol. The highest BCUT2D eigenvalue weighted by atomic mass is 16.1. The third kappa shape index (κ3) is 1.03. The van der Waals surface area contributed by atoms with Gasteiger partial charge in [0.05, 0.1) is 11.4 Å². The summed E-state index contributed by atoms with van der Waals surface area (Å²) in [7, 11) is 0. The van der Waals surface area contributed by atoms with Crippen molar-refractivity contribution in [3.63, 3.8) is 0 Å². The molecule has 62 valence electrons. The van der Waals surface area contributed by atoms with Crippen LogP contribution in [0.25, 0.3) is 0 Å². The molecule has 3 N–H and O–H groups in total. The summed E-state index contributed by atoms with van der Waals surface area (Å²) < 4.78 is 0. The maximum Gasteiger partial charge on any atom is 0.224 e. The zero-order valence-corrected chi connectivity index (χ0v) is 6.63. The van der Waals surface area contributed by atoms with Crippen LogP contribution in [0.3, 0.4) is 0 Å². The summed E-state index contributed by atoms with van der Waals surface area (Å²) in [6.07, 6.45) is 1.36. The van der Waals surface area contributed by atoms with Crippen molar-refractivity contribution >= 4 is 17.3 Å². The first-order valence-electron chi connectivity index (χ1n) is 3.94. The van der Waals surface area contributed by atoms with Crippen molar-refractivity contribution in [2.75, 3.05) is 11.1 Å². The average Bonchev–Trinajstić information content (AvgIpc) is 2.07. The van der Waals surface area contributed by atoms with Gasteiger partial charge in [0.15, 0.2) is 0 Å². The van der Waals surface area contributed by atoms with Gasteiger partial charge in [-0.2, -0.15) is 0 Å². The summed E-state index contributed by atoms with van der Waals surface area (Å²) in [5.74, 6) is 0.0559. The monoisotopic (exact) mass is 162 g/mol. The highest BCUT2D eigenvalue weighted by Crippen LogP contribution is 2.27. The molecular formula is C9H10N2O. The maximum atomic E-state index is 11.0. The second kappa shape index (κ2) is 2.52. The van der Waals surface area contributed by atoms with Crippen LogP contribution in [0.15, 0.2) is 18.2 Å². The van der Waals surface area contributed by atoms with E-state index in [0.717, 1.165) is 17.7 Å². The minimum Gasteiger partial charge on any atom is -0.397 e. The van der Waals surface area contributed by atoms with E-state index in [1.807, 2.05) is 12.1 Å². The number of carbonyl (C=O) groups excluding carboxylic acids is 1. The van der Waals surface area contributed by atoms with E-state index in [1.165, 1.54) is 0 Å². The lowest BCUT2D eigenvalue weighted by Gasteiger charge is -2.17. The predicted octanol–water partition coefficient (Wildman–Crippen LogP) is 1.15. The van der Waals surface area contributed by atoms with E-state index in [0.29, 0.717) is 12.1 Å². The molecule has 1 heterocycles. The van der Waals surface area contributed by atoms with Gasteiger partial charge in [-0.15, -0.1) is 0 Å². The Morgan fingerprint density at radius 1 is 1.33 bits per heavy atom. The summed E-state index contributed by atoms with van der Waals surface area (Å²) in [6.45, 7) is 0. The van der Waals surface area contributed by atoms with E-state index in [-0.39, 0.29) is 5.91 Å². The third-order valence-corrected chi connectivity index (χ3v) is 2.07. The summed E-state index contributed by atoms with van der Waals surface area (Å²) in [4.78, 5) is 11.0. The number of benzene rings is 1. The molecule has 3 heteroatoms. The van der Waals surface area contributed by atoms with Gasteiger partial charge < -0.3 is 11.1 Å². The first kappa shape index (κ1) is 7.16. The number of rotatable bonds is 0. The maximum absolute atomic E-state index is 11.0. The van der Waals surface area contributed by atoms with Crippen molar-refractivity contribution < 1.29 is 4.79 Å². The van der Waals surface area contributed by atoms with Crippen molar-refractivity contribution in [1.82, 2.24) is 0 Å². The number of para-hydroxylation sites is 1. The van der Waals surface area contributed by atoms with Gasteiger partial charge in [-0.25, -0.2) is 0 Å². The molecule has 3 nitrogen and oxygen atoms in total. The number of amides is 1. The Labute approximate surface area is 70.6 Å². The number of fused-ring (bicyclic) bond motifs is 1. The van der Waals surface area contributed by atoms with E-state index in [1.54, 1.807) is 6.07 Å². The first-order valence-corrected chi connectivity index (χ1v) is 3.94. The Balaban J connectivity index is 2.50. The number of aryl methyl sites for hydroxylation is 1. The Kier molecular flexibility index (Phi) is 1.50. The van der Waals surface area contributed by atoms with Crippen LogP contribution in [0.4, 0.5) is 11.4 Å². The molecule has 0 unspecified atom stereocenters. The largest absolute Gasteiger partial charge is 0.397 e. The Bertz CT molecular complexity index is 333. The van der Waals surface area contributed by atoms with Crippen LogP contribution in [0.5, 0.6) is 0 Å². The number of hydrogen-bond donors (Lipinski definition) is 2. The standard InChI is InChI=1S/C9H10N2O/c10-7-3-1-2-6-4-5-8(12)11-9(6)7/h1-3H,4-5,10H2,(H,11,12). The molecule has 1 aliphatic heterocycles. The van der Waals surface area contributed by atoms with Gasteiger partial charge in [0, 0.05) is 6.42 Å². The zero-order chi connectivity index (χ0) is 8.55. The zero-order valence-electron chi connectivity index (χ0n) is 6.63. The van der Waals surface area contributed by atoms with Gasteiger partial charge in [-0.05, 0) is 18.1 Å². The molecule has 0 saturated heterocycles. The van der Waals surface area contributed by atoms with Gasteiger partial charge in [0.2, 0.25) is 5.91 Å². The Hall–Kier alpha value is -1.51. The van der Waals surface area contributed by atoms with Crippen LogP contribution in [0.2, 0.25) is 0 Å². The molecule has 0 fully saturated rings. The van der Waals surface area contributed by atoms with Gasteiger partial charge in [0.1, 0.15) is 0 Å².